The smallest absolute Gasteiger partial charge is 0.235 e. The van der Waals surface area contributed by atoms with Gasteiger partial charge in [-0.25, -0.2) is 0 Å². The van der Waals surface area contributed by atoms with Crippen LogP contribution in [-0.4, -0.2) is 39.7 Å². The Kier molecular flexibility index (Phi) is 6.08. The monoisotopic (exact) mass is 330 g/mol. The second kappa shape index (κ2) is 8.26. The van der Waals surface area contributed by atoms with Crippen LogP contribution in [0.2, 0.25) is 0 Å². The highest BCUT2D eigenvalue weighted by atomic mass is 16.4. The molecule has 6 nitrogen and oxygen atoms in total. The third-order valence-corrected chi connectivity index (χ3v) is 3.23. The second-order valence-electron chi connectivity index (χ2n) is 4.99. The van der Waals surface area contributed by atoms with Crippen LogP contribution >= 0.6 is 0 Å². The van der Waals surface area contributed by atoms with E-state index in [-0.39, 0.29) is 24.7 Å². The van der Waals surface area contributed by atoms with Crippen LogP contribution in [-0.2, 0) is 0 Å². The van der Waals surface area contributed by atoms with Crippen molar-refractivity contribution in [2.75, 3.05) is 13.2 Å². The van der Waals surface area contributed by atoms with Gasteiger partial charge in [0.15, 0.2) is 5.76 Å². The van der Waals surface area contributed by atoms with Crippen molar-refractivity contribution in [3.63, 3.8) is 0 Å². The van der Waals surface area contributed by atoms with Crippen LogP contribution < -0.4 is 5.43 Å². The summed E-state index contributed by atoms with van der Waals surface area (Å²) in [7, 11) is 0. The van der Waals surface area contributed by atoms with E-state index in [1.165, 1.54) is 0 Å². The number of aliphatic hydroxyl groups is 3. The Hall–Kier alpha value is -2.67. The highest BCUT2D eigenvalue weighted by Crippen LogP contribution is 2.29. The minimum absolute atomic E-state index is 0.208. The van der Waals surface area contributed by atoms with Crippen molar-refractivity contribution < 1.29 is 24.8 Å². The topological polar surface area (TPSA) is 111 Å². The Labute approximate surface area is 137 Å². The predicted octanol–water partition coefficient (Wildman–Crippen LogP) is 1.50. The average molecular weight is 330 g/mol. The van der Waals surface area contributed by atoms with Crippen molar-refractivity contribution in [1.29, 1.82) is 0 Å². The van der Waals surface area contributed by atoms with E-state index in [2.05, 4.69) is 0 Å². The molecule has 1 heterocycles. The number of aliphatic hydroxyl groups excluding tert-OH is 3. The summed E-state index contributed by atoms with van der Waals surface area (Å²) in [6.07, 6.45) is -0.954. The van der Waals surface area contributed by atoms with Gasteiger partial charge in [-0.2, -0.15) is 0 Å². The minimum atomic E-state index is -0.954. The fourth-order valence-corrected chi connectivity index (χ4v) is 1.98. The van der Waals surface area contributed by atoms with Crippen LogP contribution in [0, 0.1) is 0 Å². The summed E-state index contributed by atoms with van der Waals surface area (Å²) in [5.41, 5.74) is 0.743. The van der Waals surface area contributed by atoms with E-state index in [1.54, 1.807) is 36.4 Å². The number of aromatic hydroxyl groups is 1. The molecular formula is C18H18O6. The van der Waals surface area contributed by atoms with Gasteiger partial charge in [0.25, 0.3) is 0 Å². The molecular weight excluding hydrogens is 312 g/mol. The standard InChI is InChI=1S/C15H10O3.C3H8O3/c16-13-11-8-4-5-9-12(11)18-15(14(13)17)10-6-2-1-3-7-10;4-1-3(6)2-5/h1-9,17H;3-6H,1-2H2. The molecule has 0 fully saturated rings. The molecule has 6 heteroatoms. The van der Waals surface area contributed by atoms with Gasteiger partial charge in [-0.3, -0.25) is 4.79 Å². The quantitative estimate of drug-likeness (QED) is 0.579. The van der Waals surface area contributed by atoms with Crippen molar-refractivity contribution in [2.24, 2.45) is 0 Å². The molecule has 0 bridgehead atoms. The molecule has 0 aliphatic rings. The van der Waals surface area contributed by atoms with Crippen LogP contribution in [0.25, 0.3) is 22.3 Å². The Bertz CT molecular complexity index is 837. The van der Waals surface area contributed by atoms with Gasteiger partial charge in [-0.05, 0) is 12.1 Å². The van der Waals surface area contributed by atoms with E-state index >= 15 is 0 Å². The van der Waals surface area contributed by atoms with E-state index in [4.69, 9.17) is 19.7 Å². The lowest BCUT2D eigenvalue weighted by atomic mass is 10.1. The highest BCUT2D eigenvalue weighted by molar-refractivity contribution is 5.81. The first kappa shape index (κ1) is 17.7. The molecule has 3 aromatic rings. The van der Waals surface area contributed by atoms with E-state index < -0.39 is 11.5 Å². The lowest BCUT2D eigenvalue weighted by Gasteiger charge is -2.05. The Balaban J connectivity index is 0.000000301. The normalized spacial score (nSPS) is 10.5. The van der Waals surface area contributed by atoms with Crippen molar-refractivity contribution in [2.45, 2.75) is 6.10 Å². The Morgan fingerprint density at radius 3 is 2.08 bits per heavy atom. The third kappa shape index (κ3) is 3.99. The van der Waals surface area contributed by atoms with Crippen molar-refractivity contribution in [3.8, 4) is 17.1 Å². The third-order valence-electron chi connectivity index (χ3n) is 3.23. The average Bonchev–Trinajstić information content (AvgIpc) is 2.65. The van der Waals surface area contributed by atoms with E-state index in [1.807, 2.05) is 18.2 Å². The molecule has 3 rings (SSSR count). The summed E-state index contributed by atoms with van der Waals surface area (Å²) in [5, 5.41) is 34.3. The van der Waals surface area contributed by atoms with Gasteiger partial charge < -0.3 is 24.8 Å². The van der Waals surface area contributed by atoms with Crippen LogP contribution in [0.15, 0.2) is 63.8 Å². The second-order valence-corrected chi connectivity index (χ2v) is 4.99. The largest absolute Gasteiger partial charge is 0.502 e. The first-order valence-corrected chi connectivity index (χ1v) is 7.28. The molecule has 4 N–H and O–H groups in total. The van der Waals surface area contributed by atoms with Gasteiger partial charge in [-0.1, -0.05) is 42.5 Å². The molecule has 0 spiro atoms. The predicted molar refractivity (Wildman–Crippen MR) is 89.8 cm³/mol. The van der Waals surface area contributed by atoms with Gasteiger partial charge in [0, 0.05) is 5.56 Å². The van der Waals surface area contributed by atoms with Crippen molar-refractivity contribution in [1.82, 2.24) is 0 Å². The lowest BCUT2D eigenvalue weighted by molar-refractivity contribution is 0.0450. The molecule has 1 aromatic heterocycles. The van der Waals surface area contributed by atoms with Crippen LogP contribution in [0.4, 0.5) is 0 Å². The first-order chi connectivity index (χ1) is 11.6. The summed E-state index contributed by atoms with van der Waals surface area (Å²) in [6.45, 7) is -0.729. The van der Waals surface area contributed by atoms with E-state index in [0.29, 0.717) is 16.5 Å². The lowest BCUT2D eigenvalue weighted by Crippen LogP contribution is -2.15. The Morgan fingerprint density at radius 1 is 0.917 bits per heavy atom. The zero-order valence-corrected chi connectivity index (χ0v) is 12.8. The molecule has 0 saturated carbocycles. The molecule has 0 unspecified atom stereocenters. The zero-order valence-electron chi connectivity index (χ0n) is 12.8. The maximum Gasteiger partial charge on any atom is 0.235 e. The van der Waals surface area contributed by atoms with E-state index in [0.717, 1.165) is 0 Å². The number of benzene rings is 2. The summed E-state index contributed by atoms with van der Waals surface area (Å²) in [4.78, 5) is 12.0. The van der Waals surface area contributed by atoms with Gasteiger partial charge in [0.1, 0.15) is 11.7 Å². The number of hydrogen-bond acceptors (Lipinski definition) is 6. The first-order valence-electron chi connectivity index (χ1n) is 7.28. The number of fused-ring (bicyclic) bond motifs is 1. The molecule has 0 amide bonds. The van der Waals surface area contributed by atoms with Crippen LogP contribution in [0.3, 0.4) is 0 Å². The number of rotatable bonds is 3. The summed E-state index contributed by atoms with van der Waals surface area (Å²) in [6, 6.07) is 15.9. The molecule has 126 valence electrons. The summed E-state index contributed by atoms with van der Waals surface area (Å²) >= 11 is 0. The number of para-hydroxylation sites is 1. The molecule has 2 aromatic carbocycles. The minimum Gasteiger partial charge on any atom is -0.502 e. The van der Waals surface area contributed by atoms with Gasteiger partial charge in [0.05, 0.1) is 18.6 Å². The van der Waals surface area contributed by atoms with Gasteiger partial charge in [0.2, 0.25) is 11.2 Å². The molecule has 0 radical (unpaired) electrons. The zero-order chi connectivity index (χ0) is 17.5. The highest BCUT2D eigenvalue weighted by Gasteiger charge is 2.14. The van der Waals surface area contributed by atoms with Crippen molar-refractivity contribution >= 4 is 11.0 Å². The maximum absolute atomic E-state index is 12.0. The SMILES string of the molecule is O=c1c(O)c(-c2ccccc2)oc2ccccc12.OCC(O)CO. The summed E-state index contributed by atoms with van der Waals surface area (Å²) < 4.78 is 5.61. The van der Waals surface area contributed by atoms with Crippen LogP contribution in [0.1, 0.15) is 0 Å². The van der Waals surface area contributed by atoms with Gasteiger partial charge >= 0.3 is 0 Å². The molecule has 0 aliphatic heterocycles. The molecule has 0 atom stereocenters. The maximum atomic E-state index is 12.0. The van der Waals surface area contributed by atoms with Gasteiger partial charge in [-0.15, -0.1) is 0 Å². The number of hydrogen-bond donors (Lipinski definition) is 4. The van der Waals surface area contributed by atoms with E-state index in [9.17, 15) is 9.90 Å². The molecule has 24 heavy (non-hydrogen) atoms. The molecule has 0 aliphatic carbocycles. The molecule has 0 saturated heterocycles. The van der Waals surface area contributed by atoms with Crippen LogP contribution in [0.5, 0.6) is 5.75 Å². The fourth-order valence-electron chi connectivity index (χ4n) is 1.98. The Morgan fingerprint density at radius 2 is 1.50 bits per heavy atom. The summed E-state index contributed by atoms with van der Waals surface area (Å²) in [5.74, 6) is -0.140. The van der Waals surface area contributed by atoms with Crippen molar-refractivity contribution in [3.05, 3.63) is 64.8 Å². The fraction of sp³-hybridized carbons (Fsp3) is 0.167.